The maximum Gasteiger partial charge on any atom is 0.416 e. The van der Waals surface area contributed by atoms with Gasteiger partial charge in [0.25, 0.3) is 0 Å². The smallest absolute Gasteiger partial charge is 0.416 e. The van der Waals surface area contributed by atoms with Gasteiger partial charge in [0.2, 0.25) is 0 Å². The van der Waals surface area contributed by atoms with E-state index in [0.29, 0.717) is 5.56 Å². The second-order valence-electron chi connectivity index (χ2n) is 3.93. The van der Waals surface area contributed by atoms with E-state index in [1.165, 1.54) is 6.07 Å². The molecule has 0 radical (unpaired) electrons. The van der Waals surface area contributed by atoms with Crippen LogP contribution in [-0.2, 0) is 10.9 Å². The van der Waals surface area contributed by atoms with Crippen LogP contribution in [0, 0.1) is 0 Å². The van der Waals surface area contributed by atoms with Gasteiger partial charge in [-0.1, -0.05) is 22.0 Å². The number of H-pyrrole nitrogens is 1. The van der Waals surface area contributed by atoms with Crippen LogP contribution in [0.3, 0.4) is 0 Å². The van der Waals surface area contributed by atoms with Crippen LogP contribution in [0.1, 0.15) is 23.0 Å². The van der Waals surface area contributed by atoms with Crippen molar-refractivity contribution in [2.24, 2.45) is 0 Å². The molecule has 1 N–H and O–H groups in total. The van der Waals surface area contributed by atoms with Gasteiger partial charge in [-0.3, -0.25) is 0 Å². The van der Waals surface area contributed by atoms with Crippen LogP contribution in [0.15, 0.2) is 22.7 Å². The molecule has 112 valence electrons. The van der Waals surface area contributed by atoms with Crippen molar-refractivity contribution in [3.8, 4) is 11.3 Å². The molecule has 0 amide bonds. The zero-order valence-electron chi connectivity index (χ0n) is 10.7. The number of carbonyl (C=O) groups excluding carboxylic acids is 1. The van der Waals surface area contributed by atoms with E-state index in [4.69, 9.17) is 4.74 Å². The summed E-state index contributed by atoms with van der Waals surface area (Å²) >= 11 is 3.05. The number of rotatable bonds is 3. The molecular weight excluding hydrogens is 355 g/mol. The van der Waals surface area contributed by atoms with E-state index >= 15 is 0 Å². The van der Waals surface area contributed by atoms with Crippen LogP contribution in [0.25, 0.3) is 11.3 Å². The van der Waals surface area contributed by atoms with Crippen LogP contribution < -0.4 is 0 Å². The van der Waals surface area contributed by atoms with Gasteiger partial charge in [-0.15, -0.1) is 5.10 Å². The van der Waals surface area contributed by atoms with Crippen molar-refractivity contribution in [3.05, 3.63) is 33.9 Å². The largest absolute Gasteiger partial charge is 0.461 e. The fourth-order valence-corrected chi connectivity index (χ4v) is 2.21. The molecule has 5 nitrogen and oxygen atoms in total. The lowest BCUT2D eigenvalue weighted by Gasteiger charge is -2.09. The molecule has 2 rings (SSSR count). The summed E-state index contributed by atoms with van der Waals surface area (Å²) in [5.74, 6) is -0.701. The van der Waals surface area contributed by atoms with Gasteiger partial charge in [0.1, 0.15) is 5.69 Å². The fraction of sp³-hybridized carbons (Fsp3) is 0.250. The third kappa shape index (κ3) is 3.23. The Kier molecular flexibility index (Phi) is 4.31. The number of aromatic nitrogens is 3. The van der Waals surface area contributed by atoms with Gasteiger partial charge in [-0.25, -0.2) is 4.79 Å². The van der Waals surface area contributed by atoms with E-state index in [2.05, 4.69) is 31.3 Å². The number of aromatic amines is 1. The summed E-state index contributed by atoms with van der Waals surface area (Å²) in [7, 11) is 0. The SMILES string of the molecule is CCOC(=O)c1n[nH]nc1-c1ccc(C(F)(F)F)cc1Br. The first-order valence-electron chi connectivity index (χ1n) is 5.79. The van der Waals surface area contributed by atoms with Crippen molar-refractivity contribution in [2.45, 2.75) is 13.1 Å². The number of hydrogen-bond acceptors (Lipinski definition) is 4. The molecule has 0 aliphatic rings. The first-order valence-corrected chi connectivity index (χ1v) is 6.59. The molecule has 0 aliphatic heterocycles. The molecule has 0 fully saturated rings. The highest BCUT2D eigenvalue weighted by molar-refractivity contribution is 9.10. The molecule has 0 aliphatic carbocycles. The predicted molar refractivity (Wildman–Crippen MR) is 70.5 cm³/mol. The lowest BCUT2D eigenvalue weighted by molar-refractivity contribution is -0.137. The molecule has 2 aromatic rings. The van der Waals surface area contributed by atoms with Gasteiger partial charge in [0.15, 0.2) is 5.69 Å². The summed E-state index contributed by atoms with van der Waals surface area (Å²) < 4.78 is 42.8. The number of ether oxygens (including phenoxy) is 1. The van der Waals surface area contributed by atoms with Gasteiger partial charge in [-0.2, -0.15) is 23.5 Å². The van der Waals surface area contributed by atoms with E-state index < -0.39 is 17.7 Å². The number of carbonyl (C=O) groups is 1. The fourth-order valence-electron chi connectivity index (χ4n) is 1.64. The molecule has 1 aromatic heterocycles. The molecular formula is C12H9BrF3N3O2. The summed E-state index contributed by atoms with van der Waals surface area (Å²) in [6, 6.07) is 3.04. The van der Waals surface area contributed by atoms with Crippen LogP contribution in [0.4, 0.5) is 13.2 Å². The number of nitrogens with one attached hydrogen (secondary N) is 1. The van der Waals surface area contributed by atoms with Crippen molar-refractivity contribution in [1.82, 2.24) is 15.4 Å². The zero-order chi connectivity index (χ0) is 15.6. The van der Waals surface area contributed by atoms with E-state index in [-0.39, 0.29) is 22.5 Å². The quantitative estimate of drug-likeness (QED) is 0.848. The van der Waals surface area contributed by atoms with Gasteiger partial charge >= 0.3 is 12.1 Å². The number of nitrogens with zero attached hydrogens (tertiary/aromatic N) is 2. The second kappa shape index (κ2) is 5.84. The summed E-state index contributed by atoms with van der Waals surface area (Å²) in [5, 5.41) is 9.73. The predicted octanol–water partition coefficient (Wildman–Crippen LogP) is 3.43. The monoisotopic (exact) mass is 363 g/mol. The molecule has 0 spiro atoms. The minimum atomic E-state index is -4.45. The summed E-state index contributed by atoms with van der Waals surface area (Å²) in [4.78, 5) is 11.7. The Hall–Kier alpha value is -1.90. The number of esters is 1. The van der Waals surface area contributed by atoms with Crippen LogP contribution in [0.2, 0.25) is 0 Å². The normalized spacial score (nSPS) is 11.5. The Morgan fingerprint density at radius 3 is 2.67 bits per heavy atom. The molecule has 0 saturated heterocycles. The van der Waals surface area contributed by atoms with Crippen molar-refractivity contribution in [3.63, 3.8) is 0 Å². The maximum absolute atomic E-state index is 12.6. The number of hydrogen-bond donors (Lipinski definition) is 1. The first kappa shape index (κ1) is 15.5. The Morgan fingerprint density at radius 1 is 1.38 bits per heavy atom. The van der Waals surface area contributed by atoms with E-state index in [1.807, 2.05) is 0 Å². The molecule has 9 heteroatoms. The van der Waals surface area contributed by atoms with Crippen LogP contribution >= 0.6 is 15.9 Å². The molecule has 1 heterocycles. The highest BCUT2D eigenvalue weighted by Gasteiger charge is 2.31. The standard InChI is InChI=1S/C12H9BrF3N3O2/c1-2-21-11(20)10-9(17-19-18-10)7-4-3-6(5-8(7)13)12(14,15)16/h3-5H,2H2,1H3,(H,17,18,19). The van der Waals surface area contributed by atoms with Gasteiger partial charge in [0, 0.05) is 10.0 Å². The number of halogens is 4. The van der Waals surface area contributed by atoms with E-state index in [0.717, 1.165) is 12.1 Å². The maximum atomic E-state index is 12.6. The third-order valence-electron chi connectivity index (χ3n) is 2.57. The highest BCUT2D eigenvalue weighted by Crippen LogP contribution is 2.35. The minimum Gasteiger partial charge on any atom is -0.461 e. The molecule has 1 aromatic carbocycles. The van der Waals surface area contributed by atoms with Crippen LogP contribution in [-0.4, -0.2) is 28.0 Å². The Morgan fingerprint density at radius 2 is 2.10 bits per heavy atom. The highest BCUT2D eigenvalue weighted by atomic mass is 79.9. The Labute approximate surface area is 125 Å². The Balaban J connectivity index is 2.44. The van der Waals surface area contributed by atoms with Crippen LogP contribution in [0.5, 0.6) is 0 Å². The van der Waals surface area contributed by atoms with Gasteiger partial charge in [-0.05, 0) is 19.1 Å². The lowest BCUT2D eigenvalue weighted by Crippen LogP contribution is -2.07. The van der Waals surface area contributed by atoms with Crippen molar-refractivity contribution in [1.29, 1.82) is 0 Å². The number of benzene rings is 1. The summed E-state index contributed by atoms with van der Waals surface area (Å²) in [6.45, 7) is 1.78. The first-order chi connectivity index (χ1) is 9.84. The van der Waals surface area contributed by atoms with E-state index in [1.54, 1.807) is 6.92 Å². The lowest BCUT2D eigenvalue weighted by atomic mass is 10.1. The van der Waals surface area contributed by atoms with Crippen molar-refractivity contribution < 1.29 is 22.7 Å². The molecule has 21 heavy (non-hydrogen) atoms. The molecule has 0 atom stereocenters. The van der Waals surface area contributed by atoms with Gasteiger partial charge < -0.3 is 4.74 Å². The average Bonchev–Trinajstić information content (AvgIpc) is 2.86. The topological polar surface area (TPSA) is 67.9 Å². The third-order valence-corrected chi connectivity index (χ3v) is 3.22. The van der Waals surface area contributed by atoms with Crippen molar-refractivity contribution >= 4 is 21.9 Å². The minimum absolute atomic E-state index is 0.0858. The summed E-state index contributed by atoms with van der Waals surface area (Å²) in [5.41, 5.74) is -0.467. The number of alkyl halides is 3. The Bertz CT molecular complexity index is 670. The molecule has 0 saturated carbocycles. The van der Waals surface area contributed by atoms with Gasteiger partial charge in [0.05, 0.1) is 12.2 Å². The molecule has 0 unspecified atom stereocenters. The summed E-state index contributed by atoms with van der Waals surface area (Å²) in [6.07, 6.45) is -4.45. The van der Waals surface area contributed by atoms with Crippen molar-refractivity contribution in [2.75, 3.05) is 6.61 Å². The second-order valence-corrected chi connectivity index (χ2v) is 4.79. The average molecular weight is 364 g/mol. The molecule has 0 bridgehead atoms. The van der Waals surface area contributed by atoms with E-state index in [9.17, 15) is 18.0 Å². The zero-order valence-corrected chi connectivity index (χ0v) is 12.2.